The van der Waals surface area contributed by atoms with Crippen LogP contribution < -0.4 is 4.74 Å². The fourth-order valence-corrected chi connectivity index (χ4v) is 3.17. The van der Waals surface area contributed by atoms with Crippen LogP contribution in [-0.4, -0.2) is 55.3 Å². The number of H-pyrrole nitrogens is 1. The zero-order valence-corrected chi connectivity index (χ0v) is 15.7. The van der Waals surface area contributed by atoms with Gasteiger partial charge in [-0.2, -0.15) is 10.1 Å². The molecule has 28 heavy (non-hydrogen) atoms. The van der Waals surface area contributed by atoms with E-state index >= 15 is 0 Å². The molecule has 9 nitrogen and oxygen atoms in total. The molecule has 0 spiro atoms. The number of likely N-dealkylation sites (tertiary alicyclic amines) is 1. The number of nitrogens with zero attached hydrogens (tertiary/aromatic N) is 5. The van der Waals surface area contributed by atoms with Gasteiger partial charge in [0, 0.05) is 38.8 Å². The number of amides is 1. The Hall–Kier alpha value is -3.23. The Morgan fingerprint density at radius 1 is 1.29 bits per heavy atom. The second kappa shape index (κ2) is 8.20. The van der Waals surface area contributed by atoms with Gasteiger partial charge in [-0.25, -0.2) is 4.98 Å². The summed E-state index contributed by atoms with van der Waals surface area (Å²) in [5, 5.41) is 10.3. The lowest BCUT2D eigenvalue weighted by molar-refractivity contribution is -0.133. The quantitative estimate of drug-likeness (QED) is 0.695. The Labute approximate surface area is 162 Å². The highest BCUT2D eigenvalue weighted by Crippen LogP contribution is 2.20. The van der Waals surface area contributed by atoms with Crippen LogP contribution in [0.5, 0.6) is 5.75 Å². The van der Waals surface area contributed by atoms with Crippen LogP contribution in [-0.2, 0) is 11.2 Å². The van der Waals surface area contributed by atoms with Gasteiger partial charge in [-0.05, 0) is 19.1 Å². The van der Waals surface area contributed by atoms with E-state index in [2.05, 4.69) is 32.2 Å². The van der Waals surface area contributed by atoms with E-state index in [1.165, 1.54) is 11.9 Å². The molecule has 146 valence electrons. The van der Waals surface area contributed by atoms with Crippen LogP contribution in [0.2, 0.25) is 0 Å². The first kappa shape index (κ1) is 18.1. The van der Waals surface area contributed by atoms with Gasteiger partial charge in [0.1, 0.15) is 18.2 Å². The number of nitrogens with one attached hydrogen (secondary N) is 1. The van der Waals surface area contributed by atoms with Crippen molar-refractivity contribution in [2.24, 2.45) is 0 Å². The fourth-order valence-electron chi connectivity index (χ4n) is 3.17. The maximum atomic E-state index is 12.5. The van der Waals surface area contributed by atoms with Gasteiger partial charge in [0.25, 0.3) is 0 Å². The minimum atomic E-state index is 0.0909. The first-order valence-corrected chi connectivity index (χ1v) is 9.37. The van der Waals surface area contributed by atoms with Crippen molar-refractivity contribution in [2.45, 2.75) is 38.7 Å². The Morgan fingerprint density at radius 3 is 2.79 bits per heavy atom. The summed E-state index contributed by atoms with van der Waals surface area (Å²) >= 11 is 0. The number of benzene rings is 1. The Morgan fingerprint density at radius 2 is 2.07 bits per heavy atom. The van der Waals surface area contributed by atoms with Crippen LogP contribution in [0.15, 0.2) is 35.1 Å². The van der Waals surface area contributed by atoms with Crippen molar-refractivity contribution in [1.29, 1.82) is 0 Å². The van der Waals surface area contributed by atoms with Crippen molar-refractivity contribution in [3.63, 3.8) is 0 Å². The van der Waals surface area contributed by atoms with Gasteiger partial charge in [-0.1, -0.05) is 22.9 Å². The molecule has 1 aromatic carbocycles. The zero-order chi connectivity index (χ0) is 19.3. The number of hydrogen-bond donors (Lipinski definition) is 1. The molecule has 0 atom stereocenters. The van der Waals surface area contributed by atoms with Crippen LogP contribution in [0, 0.1) is 6.92 Å². The van der Waals surface area contributed by atoms with Crippen LogP contribution >= 0.6 is 0 Å². The van der Waals surface area contributed by atoms with Gasteiger partial charge in [-0.15, -0.1) is 0 Å². The number of aromatic nitrogens is 5. The van der Waals surface area contributed by atoms with Crippen LogP contribution in [0.4, 0.5) is 0 Å². The second-order valence-corrected chi connectivity index (χ2v) is 6.86. The summed E-state index contributed by atoms with van der Waals surface area (Å²) in [6.07, 6.45) is 3.92. The molecule has 0 aliphatic carbocycles. The average Bonchev–Trinajstić information content (AvgIpc) is 3.40. The number of carbonyl (C=O) groups excluding carboxylic acids is 1. The van der Waals surface area contributed by atoms with E-state index < -0.39 is 0 Å². The molecule has 1 aliphatic heterocycles. The summed E-state index contributed by atoms with van der Waals surface area (Å²) in [5.74, 6) is 2.17. The molecule has 1 aliphatic rings. The molecule has 0 bridgehead atoms. The third kappa shape index (κ3) is 4.36. The molecule has 0 radical (unpaired) electrons. The molecular weight excluding hydrogens is 360 g/mol. The highest BCUT2D eigenvalue weighted by atomic mass is 16.5. The van der Waals surface area contributed by atoms with E-state index in [0.717, 1.165) is 18.6 Å². The first-order valence-electron chi connectivity index (χ1n) is 9.37. The van der Waals surface area contributed by atoms with E-state index in [1.54, 1.807) is 0 Å². The van der Waals surface area contributed by atoms with E-state index in [-0.39, 0.29) is 12.0 Å². The summed E-state index contributed by atoms with van der Waals surface area (Å²) < 4.78 is 11.2. The number of aromatic amines is 1. The second-order valence-electron chi connectivity index (χ2n) is 6.86. The van der Waals surface area contributed by atoms with E-state index in [9.17, 15) is 4.79 Å². The predicted octanol–water partition coefficient (Wildman–Crippen LogP) is 2.17. The molecule has 9 heteroatoms. The van der Waals surface area contributed by atoms with Crippen molar-refractivity contribution < 1.29 is 14.1 Å². The fraction of sp³-hybridized carbons (Fsp3) is 0.421. The van der Waals surface area contributed by atoms with Crippen molar-refractivity contribution >= 4 is 5.91 Å². The van der Waals surface area contributed by atoms with E-state index in [1.807, 2.05) is 29.2 Å². The minimum absolute atomic E-state index is 0.0909. The van der Waals surface area contributed by atoms with E-state index in [0.29, 0.717) is 43.5 Å². The summed E-state index contributed by atoms with van der Waals surface area (Å²) in [4.78, 5) is 22.6. The SMILES string of the molecule is Cc1ccc(OC2CCN(C(=O)CCc3nc(-c4ncn[nH]4)no3)CC2)cc1. The maximum Gasteiger partial charge on any atom is 0.239 e. The smallest absolute Gasteiger partial charge is 0.239 e. The number of ether oxygens (including phenoxy) is 1. The Bertz CT molecular complexity index is 898. The van der Waals surface area contributed by atoms with E-state index in [4.69, 9.17) is 9.26 Å². The van der Waals surface area contributed by atoms with Gasteiger partial charge in [0.15, 0.2) is 5.82 Å². The highest BCUT2D eigenvalue weighted by molar-refractivity contribution is 5.76. The van der Waals surface area contributed by atoms with Crippen LogP contribution in [0.1, 0.15) is 30.7 Å². The third-order valence-corrected chi connectivity index (χ3v) is 4.77. The lowest BCUT2D eigenvalue weighted by Gasteiger charge is -2.32. The first-order chi connectivity index (χ1) is 13.7. The predicted molar refractivity (Wildman–Crippen MR) is 99.4 cm³/mol. The Kier molecular flexibility index (Phi) is 5.31. The van der Waals surface area contributed by atoms with Crippen molar-refractivity contribution in [1.82, 2.24) is 30.2 Å². The lowest BCUT2D eigenvalue weighted by atomic mass is 10.1. The molecule has 2 aromatic heterocycles. The normalized spacial score (nSPS) is 15.0. The number of aryl methyl sites for hydroxylation is 2. The monoisotopic (exact) mass is 382 g/mol. The summed E-state index contributed by atoms with van der Waals surface area (Å²) in [5.41, 5.74) is 1.21. The summed E-state index contributed by atoms with van der Waals surface area (Å²) in [6, 6.07) is 8.06. The van der Waals surface area contributed by atoms with Crippen molar-refractivity contribution in [3.8, 4) is 17.4 Å². The molecule has 1 N–H and O–H groups in total. The average molecular weight is 382 g/mol. The highest BCUT2D eigenvalue weighted by Gasteiger charge is 2.24. The van der Waals surface area contributed by atoms with Gasteiger partial charge in [0.05, 0.1) is 0 Å². The van der Waals surface area contributed by atoms with Crippen LogP contribution in [0.3, 0.4) is 0 Å². The topological polar surface area (TPSA) is 110 Å². The number of hydrogen-bond acceptors (Lipinski definition) is 7. The molecule has 0 saturated carbocycles. The van der Waals surface area contributed by atoms with Gasteiger partial charge in [-0.3, -0.25) is 9.89 Å². The third-order valence-electron chi connectivity index (χ3n) is 4.77. The molecule has 3 aromatic rings. The van der Waals surface area contributed by atoms with Crippen LogP contribution in [0.25, 0.3) is 11.6 Å². The molecule has 1 fully saturated rings. The molecule has 3 heterocycles. The molecule has 4 rings (SSSR count). The zero-order valence-electron chi connectivity index (χ0n) is 15.7. The van der Waals surface area contributed by atoms with Gasteiger partial charge < -0.3 is 14.2 Å². The summed E-state index contributed by atoms with van der Waals surface area (Å²) in [7, 11) is 0. The number of piperidine rings is 1. The lowest BCUT2D eigenvalue weighted by Crippen LogP contribution is -2.41. The number of rotatable bonds is 6. The maximum absolute atomic E-state index is 12.5. The molecule has 1 amide bonds. The van der Waals surface area contributed by atoms with Gasteiger partial charge >= 0.3 is 0 Å². The van der Waals surface area contributed by atoms with Crippen molar-refractivity contribution in [2.75, 3.05) is 13.1 Å². The number of carbonyl (C=O) groups is 1. The van der Waals surface area contributed by atoms with Crippen molar-refractivity contribution in [3.05, 3.63) is 42.0 Å². The van der Waals surface area contributed by atoms with Gasteiger partial charge in [0.2, 0.25) is 17.6 Å². The largest absolute Gasteiger partial charge is 0.490 e. The Balaban J connectivity index is 1.22. The minimum Gasteiger partial charge on any atom is -0.490 e. The standard InChI is InChI=1S/C19H22N6O3/c1-13-2-4-14(5-3-13)27-15-8-10-25(11-9-15)17(26)7-6-16-22-19(24-28-16)18-20-12-21-23-18/h2-5,12,15H,6-11H2,1H3,(H,20,21,23). The molecule has 1 saturated heterocycles. The summed E-state index contributed by atoms with van der Waals surface area (Å²) in [6.45, 7) is 3.45. The molecular formula is C19H22N6O3. The molecule has 0 unspecified atom stereocenters.